The van der Waals surface area contributed by atoms with Gasteiger partial charge in [-0.05, 0) is 30.9 Å². The first kappa shape index (κ1) is 16.1. The Balaban J connectivity index is 1.44. The van der Waals surface area contributed by atoms with Gasteiger partial charge in [-0.25, -0.2) is 0 Å². The zero-order valence-corrected chi connectivity index (χ0v) is 14.2. The quantitative estimate of drug-likeness (QED) is 0.882. The summed E-state index contributed by atoms with van der Waals surface area (Å²) in [5.41, 5.74) is 1.37. The van der Waals surface area contributed by atoms with Crippen LogP contribution < -0.4 is 5.32 Å². The standard InChI is InChI=1S/C17H22N4OS/c1-2-16-19-20-17(23-16)10-18-15(22)12-21-9-8-14(11-21)13-6-4-3-5-7-13/h3-7,14H,2,8-12H2,1H3,(H,18,22). The second-order valence-electron chi connectivity index (χ2n) is 5.85. The van der Waals surface area contributed by atoms with Gasteiger partial charge in [0.1, 0.15) is 10.0 Å². The van der Waals surface area contributed by atoms with Crippen LogP contribution in [0.3, 0.4) is 0 Å². The number of nitrogens with zero attached hydrogens (tertiary/aromatic N) is 3. The lowest BCUT2D eigenvalue weighted by atomic mass is 9.99. The lowest BCUT2D eigenvalue weighted by Crippen LogP contribution is -2.35. The van der Waals surface area contributed by atoms with Gasteiger partial charge in [-0.15, -0.1) is 10.2 Å². The zero-order chi connectivity index (χ0) is 16.1. The molecule has 1 aromatic heterocycles. The number of hydrogen-bond donors (Lipinski definition) is 1. The van der Waals surface area contributed by atoms with Gasteiger partial charge in [0.15, 0.2) is 0 Å². The number of nitrogens with one attached hydrogen (secondary N) is 1. The molecule has 1 N–H and O–H groups in total. The highest BCUT2D eigenvalue weighted by Crippen LogP contribution is 2.26. The maximum absolute atomic E-state index is 12.1. The van der Waals surface area contributed by atoms with E-state index in [-0.39, 0.29) is 5.91 Å². The number of aromatic nitrogens is 2. The fourth-order valence-electron chi connectivity index (χ4n) is 2.91. The van der Waals surface area contributed by atoms with E-state index in [1.807, 2.05) is 6.07 Å². The summed E-state index contributed by atoms with van der Waals surface area (Å²) < 4.78 is 0. The minimum Gasteiger partial charge on any atom is -0.348 e. The highest BCUT2D eigenvalue weighted by atomic mass is 32.1. The second kappa shape index (κ2) is 7.66. The van der Waals surface area contributed by atoms with Crippen molar-refractivity contribution in [2.75, 3.05) is 19.6 Å². The fourth-order valence-corrected chi connectivity index (χ4v) is 3.63. The number of carbonyl (C=O) groups is 1. The van der Waals surface area contributed by atoms with Crippen molar-refractivity contribution >= 4 is 17.2 Å². The van der Waals surface area contributed by atoms with Crippen LogP contribution in [0.4, 0.5) is 0 Å². The van der Waals surface area contributed by atoms with Crippen LogP contribution in [0.2, 0.25) is 0 Å². The number of rotatable bonds is 6. The Hall–Kier alpha value is -1.79. The maximum atomic E-state index is 12.1. The first-order valence-corrected chi connectivity index (χ1v) is 8.91. The van der Waals surface area contributed by atoms with E-state index in [1.54, 1.807) is 11.3 Å². The predicted octanol–water partition coefficient (Wildman–Crippen LogP) is 2.21. The fraction of sp³-hybridized carbons (Fsp3) is 0.471. The third-order valence-corrected chi connectivity index (χ3v) is 5.23. The van der Waals surface area contributed by atoms with Gasteiger partial charge >= 0.3 is 0 Å². The molecule has 0 aliphatic carbocycles. The molecule has 2 aromatic rings. The topological polar surface area (TPSA) is 58.1 Å². The molecule has 6 heteroatoms. The summed E-state index contributed by atoms with van der Waals surface area (Å²) in [5, 5.41) is 13.0. The molecule has 122 valence electrons. The molecule has 2 heterocycles. The first-order chi connectivity index (χ1) is 11.2. The Labute approximate surface area is 140 Å². The third kappa shape index (κ3) is 4.36. The SMILES string of the molecule is CCc1nnc(CNC(=O)CN2CCC(c3ccccc3)C2)s1. The Morgan fingerprint density at radius 1 is 1.30 bits per heavy atom. The minimum atomic E-state index is 0.0620. The molecular formula is C17H22N4OS. The van der Waals surface area contributed by atoms with E-state index in [4.69, 9.17) is 0 Å². The Morgan fingerprint density at radius 3 is 2.83 bits per heavy atom. The van der Waals surface area contributed by atoms with Gasteiger partial charge in [-0.2, -0.15) is 0 Å². The Bertz CT molecular complexity index is 643. The van der Waals surface area contributed by atoms with Crippen LogP contribution in [0.1, 0.15) is 34.8 Å². The Morgan fingerprint density at radius 2 is 2.09 bits per heavy atom. The zero-order valence-electron chi connectivity index (χ0n) is 13.4. The van der Waals surface area contributed by atoms with Crippen LogP contribution in [-0.4, -0.2) is 40.6 Å². The molecule has 0 saturated carbocycles. The van der Waals surface area contributed by atoms with Crippen molar-refractivity contribution in [1.82, 2.24) is 20.4 Å². The van der Waals surface area contributed by atoms with E-state index in [0.717, 1.165) is 35.9 Å². The van der Waals surface area contributed by atoms with Crippen molar-refractivity contribution in [2.24, 2.45) is 0 Å². The van der Waals surface area contributed by atoms with Crippen molar-refractivity contribution in [3.8, 4) is 0 Å². The molecule has 5 nitrogen and oxygen atoms in total. The molecule has 0 radical (unpaired) electrons. The molecule has 3 rings (SSSR count). The molecule has 1 saturated heterocycles. The summed E-state index contributed by atoms with van der Waals surface area (Å²) in [4.78, 5) is 14.3. The van der Waals surface area contributed by atoms with Crippen LogP contribution in [0.25, 0.3) is 0 Å². The van der Waals surface area contributed by atoms with Crippen LogP contribution >= 0.6 is 11.3 Å². The second-order valence-corrected chi connectivity index (χ2v) is 7.00. The van der Waals surface area contributed by atoms with Crippen LogP contribution in [0.5, 0.6) is 0 Å². The molecule has 1 aliphatic rings. The van der Waals surface area contributed by atoms with E-state index < -0.39 is 0 Å². The number of aryl methyl sites for hydroxylation is 1. The molecular weight excluding hydrogens is 308 g/mol. The molecule has 0 bridgehead atoms. The Kier molecular flexibility index (Phi) is 5.35. The van der Waals surface area contributed by atoms with E-state index in [1.165, 1.54) is 5.56 Å². The van der Waals surface area contributed by atoms with Gasteiger partial charge in [0, 0.05) is 6.54 Å². The van der Waals surface area contributed by atoms with Crippen molar-refractivity contribution in [2.45, 2.75) is 32.2 Å². The summed E-state index contributed by atoms with van der Waals surface area (Å²) in [6.07, 6.45) is 2.01. The van der Waals surface area contributed by atoms with Gasteiger partial charge in [-0.3, -0.25) is 9.69 Å². The average Bonchev–Trinajstić information content (AvgIpc) is 3.23. The first-order valence-electron chi connectivity index (χ1n) is 8.10. The molecule has 0 spiro atoms. The lowest BCUT2D eigenvalue weighted by Gasteiger charge is -2.15. The van der Waals surface area contributed by atoms with Crippen molar-refractivity contribution in [3.05, 3.63) is 45.9 Å². The van der Waals surface area contributed by atoms with E-state index in [2.05, 4.69) is 51.6 Å². The monoisotopic (exact) mass is 330 g/mol. The largest absolute Gasteiger partial charge is 0.348 e. The maximum Gasteiger partial charge on any atom is 0.234 e. The van der Waals surface area contributed by atoms with Gasteiger partial charge in [0.05, 0.1) is 13.1 Å². The predicted molar refractivity (Wildman–Crippen MR) is 91.4 cm³/mol. The smallest absolute Gasteiger partial charge is 0.234 e. The molecule has 1 unspecified atom stereocenters. The number of carbonyl (C=O) groups excluding carboxylic acids is 1. The number of likely N-dealkylation sites (tertiary alicyclic amines) is 1. The number of hydrogen-bond acceptors (Lipinski definition) is 5. The van der Waals surface area contributed by atoms with E-state index in [0.29, 0.717) is 19.0 Å². The molecule has 1 fully saturated rings. The summed E-state index contributed by atoms with van der Waals surface area (Å²) in [6.45, 7) is 4.93. The highest BCUT2D eigenvalue weighted by molar-refractivity contribution is 7.11. The lowest BCUT2D eigenvalue weighted by molar-refractivity contribution is -0.122. The van der Waals surface area contributed by atoms with Gasteiger partial charge < -0.3 is 5.32 Å². The van der Waals surface area contributed by atoms with E-state index >= 15 is 0 Å². The average molecular weight is 330 g/mol. The number of amides is 1. The van der Waals surface area contributed by atoms with Crippen LogP contribution in [0, 0.1) is 0 Å². The summed E-state index contributed by atoms with van der Waals surface area (Å²) in [6, 6.07) is 10.6. The van der Waals surface area contributed by atoms with E-state index in [9.17, 15) is 4.79 Å². The minimum absolute atomic E-state index is 0.0620. The van der Waals surface area contributed by atoms with Crippen molar-refractivity contribution in [3.63, 3.8) is 0 Å². The highest BCUT2D eigenvalue weighted by Gasteiger charge is 2.25. The normalized spacial score (nSPS) is 18.2. The van der Waals surface area contributed by atoms with Crippen molar-refractivity contribution < 1.29 is 4.79 Å². The van der Waals surface area contributed by atoms with Gasteiger partial charge in [0.2, 0.25) is 5.91 Å². The molecule has 1 aliphatic heterocycles. The molecule has 1 atom stereocenters. The van der Waals surface area contributed by atoms with Gasteiger partial charge in [-0.1, -0.05) is 48.6 Å². The van der Waals surface area contributed by atoms with Crippen LogP contribution in [0.15, 0.2) is 30.3 Å². The molecule has 1 amide bonds. The third-order valence-electron chi connectivity index (χ3n) is 4.16. The molecule has 23 heavy (non-hydrogen) atoms. The van der Waals surface area contributed by atoms with Crippen LogP contribution in [-0.2, 0) is 17.8 Å². The number of benzene rings is 1. The summed E-state index contributed by atoms with van der Waals surface area (Å²) in [5.74, 6) is 0.603. The molecule has 1 aromatic carbocycles. The summed E-state index contributed by atoms with van der Waals surface area (Å²) >= 11 is 1.56. The van der Waals surface area contributed by atoms with Gasteiger partial charge in [0.25, 0.3) is 0 Å². The summed E-state index contributed by atoms with van der Waals surface area (Å²) in [7, 11) is 0. The van der Waals surface area contributed by atoms with Crippen molar-refractivity contribution in [1.29, 1.82) is 0 Å².